The topological polar surface area (TPSA) is 161 Å². The predicted octanol–water partition coefficient (Wildman–Crippen LogP) is 2.08. The van der Waals surface area contributed by atoms with Crippen LogP contribution in [-0.2, 0) is 22.4 Å². The Morgan fingerprint density at radius 3 is 2.28 bits per heavy atom. The van der Waals surface area contributed by atoms with Crippen LogP contribution in [0.5, 0.6) is 0 Å². The minimum atomic E-state index is -0.152. The first-order valence-corrected chi connectivity index (χ1v) is 13.2. The lowest BCUT2D eigenvalue weighted by Gasteiger charge is -2.13. The predicted molar refractivity (Wildman–Crippen MR) is 152 cm³/mol. The van der Waals surface area contributed by atoms with Gasteiger partial charge in [0, 0.05) is 56.1 Å². The molecule has 39 heavy (non-hydrogen) atoms. The molecule has 1 aromatic carbocycles. The van der Waals surface area contributed by atoms with E-state index in [2.05, 4.69) is 41.2 Å². The van der Waals surface area contributed by atoms with E-state index in [1.807, 2.05) is 44.2 Å². The van der Waals surface area contributed by atoms with E-state index in [0.717, 1.165) is 17.7 Å². The lowest BCUT2D eigenvalue weighted by Crippen LogP contribution is -2.27. The molecule has 0 aliphatic heterocycles. The van der Waals surface area contributed by atoms with E-state index in [9.17, 15) is 4.79 Å². The summed E-state index contributed by atoms with van der Waals surface area (Å²) in [7, 11) is 0. The summed E-state index contributed by atoms with van der Waals surface area (Å²) in [6.07, 6.45) is 2.53. The second kappa shape index (κ2) is 16.9. The highest BCUT2D eigenvalue weighted by molar-refractivity contribution is 5.94. The minimum Gasteiger partial charge on any atom is -0.378 e. The van der Waals surface area contributed by atoms with Crippen molar-refractivity contribution in [1.29, 1.82) is 0 Å². The number of nitrogens with two attached hydrogens (primary N) is 1. The molecular weight excluding hydrogens is 498 g/mol. The summed E-state index contributed by atoms with van der Waals surface area (Å²) in [5.74, 6) is 1.26. The summed E-state index contributed by atoms with van der Waals surface area (Å²) in [6, 6.07) is 13.4. The Balaban J connectivity index is 1.47. The Morgan fingerprint density at radius 1 is 0.872 bits per heavy atom. The molecule has 12 heteroatoms. The van der Waals surface area contributed by atoms with Crippen molar-refractivity contribution in [2.24, 2.45) is 5.73 Å². The van der Waals surface area contributed by atoms with Crippen molar-refractivity contribution in [3.8, 4) is 0 Å². The monoisotopic (exact) mass is 537 g/mol. The molecular formula is C27H39N9O3. The number of nitrogens with zero attached hydrogens (tertiary/aromatic N) is 4. The number of rotatable bonds is 18. The van der Waals surface area contributed by atoms with Crippen LogP contribution in [-0.4, -0.2) is 77.9 Å². The van der Waals surface area contributed by atoms with Crippen LogP contribution in [0.2, 0.25) is 0 Å². The Labute approximate surface area is 229 Å². The Hall–Kier alpha value is -3.87. The lowest BCUT2D eigenvalue weighted by molar-refractivity contribution is 0.0511. The van der Waals surface area contributed by atoms with Crippen molar-refractivity contribution in [2.75, 3.05) is 62.0 Å². The van der Waals surface area contributed by atoms with Crippen molar-refractivity contribution < 1.29 is 14.3 Å². The lowest BCUT2D eigenvalue weighted by atomic mass is 10.1. The summed E-state index contributed by atoms with van der Waals surface area (Å²) < 4.78 is 10.7. The number of carbonyl (C=O) groups is 1. The standard InChI is InChI=1S/C27H39N9O3/c1-20(2)33-27-35-25(31-13-10-23-5-3-4-12-29-23)34-26(36-27)32-19-21-6-8-22(9-7-21)24(37)30-14-16-39-18-17-38-15-11-28/h3-9,12,20H,10-11,13-19,28H2,1-2H3,(H,30,37)(H3,31,32,33,34,35,36). The van der Waals surface area contributed by atoms with Gasteiger partial charge in [-0.2, -0.15) is 15.0 Å². The van der Waals surface area contributed by atoms with Gasteiger partial charge in [-0.3, -0.25) is 9.78 Å². The van der Waals surface area contributed by atoms with Gasteiger partial charge in [-0.05, 0) is 43.7 Å². The molecule has 2 heterocycles. The summed E-state index contributed by atoms with van der Waals surface area (Å²) in [4.78, 5) is 30.2. The van der Waals surface area contributed by atoms with Gasteiger partial charge in [0.15, 0.2) is 0 Å². The largest absolute Gasteiger partial charge is 0.378 e. The van der Waals surface area contributed by atoms with E-state index in [0.29, 0.717) is 76.0 Å². The molecule has 2 aromatic heterocycles. The molecule has 3 rings (SSSR count). The first-order valence-electron chi connectivity index (χ1n) is 13.2. The molecule has 12 nitrogen and oxygen atoms in total. The molecule has 0 unspecified atom stereocenters. The van der Waals surface area contributed by atoms with Crippen LogP contribution < -0.4 is 27.0 Å². The second-order valence-electron chi connectivity index (χ2n) is 8.92. The molecule has 0 radical (unpaired) electrons. The average molecular weight is 538 g/mol. The van der Waals surface area contributed by atoms with Crippen molar-refractivity contribution in [3.63, 3.8) is 0 Å². The van der Waals surface area contributed by atoms with Crippen LogP contribution in [0.4, 0.5) is 17.8 Å². The third kappa shape index (κ3) is 11.6. The number of ether oxygens (including phenoxy) is 2. The summed E-state index contributed by atoms with van der Waals surface area (Å²) in [5, 5.41) is 12.6. The third-order valence-corrected chi connectivity index (χ3v) is 5.28. The van der Waals surface area contributed by atoms with Crippen LogP contribution in [0.1, 0.15) is 35.5 Å². The summed E-state index contributed by atoms with van der Waals surface area (Å²) in [6.45, 7) is 7.98. The molecule has 0 saturated heterocycles. The number of nitrogens with one attached hydrogen (secondary N) is 4. The maximum absolute atomic E-state index is 12.4. The van der Waals surface area contributed by atoms with Crippen molar-refractivity contribution in [1.82, 2.24) is 25.3 Å². The highest BCUT2D eigenvalue weighted by Gasteiger charge is 2.09. The Kier molecular flexibility index (Phi) is 12.8. The van der Waals surface area contributed by atoms with Crippen LogP contribution in [0.15, 0.2) is 48.7 Å². The number of anilines is 3. The maximum Gasteiger partial charge on any atom is 0.251 e. The number of hydrogen-bond donors (Lipinski definition) is 5. The minimum absolute atomic E-state index is 0.152. The van der Waals surface area contributed by atoms with E-state index < -0.39 is 0 Å². The van der Waals surface area contributed by atoms with Gasteiger partial charge in [-0.15, -0.1) is 0 Å². The first kappa shape index (κ1) is 29.7. The fourth-order valence-electron chi connectivity index (χ4n) is 3.40. The SMILES string of the molecule is CC(C)Nc1nc(NCCc2ccccn2)nc(NCc2ccc(C(=O)NCCOCCOCCN)cc2)n1. The molecule has 0 spiro atoms. The Bertz CT molecular complexity index is 1120. The quantitative estimate of drug-likeness (QED) is 0.151. The molecule has 0 aliphatic rings. The number of amides is 1. The fraction of sp³-hybridized carbons (Fsp3) is 0.444. The molecule has 0 atom stereocenters. The molecule has 6 N–H and O–H groups in total. The second-order valence-corrected chi connectivity index (χ2v) is 8.92. The van der Waals surface area contributed by atoms with E-state index in [4.69, 9.17) is 15.2 Å². The summed E-state index contributed by atoms with van der Waals surface area (Å²) >= 11 is 0. The summed E-state index contributed by atoms with van der Waals surface area (Å²) in [5.41, 5.74) is 7.91. The number of hydrogen-bond acceptors (Lipinski definition) is 11. The van der Waals surface area contributed by atoms with Gasteiger partial charge in [0.2, 0.25) is 17.8 Å². The fourth-order valence-corrected chi connectivity index (χ4v) is 3.40. The van der Waals surface area contributed by atoms with Crippen LogP contribution in [0, 0.1) is 0 Å². The number of benzene rings is 1. The van der Waals surface area contributed by atoms with Gasteiger partial charge in [0.1, 0.15) is 0 Å². The maximum atomic E-state index is 12.4. The van der Waals surface area contributed by atoms with Crippen molar-refractivity contribution in [2.45, 2.75) is 32.9 Å². The molecule has 1 amide bonds. The van der Waals surface area contributed by atoms with Crippen molar-refractivity contribution >= 4 is 23.8 Å². The van der Waals surface area contributed by atoms with Gasteiger partial charge < -0.3 is 36.5 Å². The number of aromatic nitrogens is 4. The smallest absolute Gasteiger partial charge is 0.251 e. The van der Waals surface area contributed by atoms with Gasteiger partial charge >= 0.3 is 0 Å². The highest BCUT2D eigenvalue weighted by Crippen LogP contribution is 2.13. The number of carbonyl (C=O) groups excluding carboxylic acids is 1. The van der Waals surface area contributed by atoms with Gasteiger partial charge in [-0.25, -0.2) is 0 Å². The third-order valence-electron chi connectivity index (χ3n) is 5.28. The van der Waals surface area contributed by atoms with Crippen LogP contribution in [0.25, 0.3) is 0 Å². The van der Waals surface area contributed by atoms with Gasteiger partial charge in [0.05, 0.1) is 26.4 Å². The van der Waals surface area contributed by atoms with E-state index >= 15 is 0 Å². The van der Waals surface area contributed by atoms with Gasteiger partial charge in [-0.1, -0.05) is 18.2 Å². The highest BCUT2D eigenvalue weighted by atomic mass is 16.5. The average Bonchev–Trinajstić information content (AvgIpc) is 2.94. The zero-order valence-electron chi connectivity index (χ0n) is 22.7. The number of pyridine rings is 1. The van der Waals surface area contributed by atoms with E-state index in [-0.39, 0.29) is 11.9 Å². The van der Waals surface area contributed by atoms with E-state index in [1.165, 1.54) is 0 Å². The normalized spacial score (nSPS) is 10.9. The molecule has 0 bridgehead atoms. The zero-order valence-corrected chi connectivity index (χ0v) is 22.7. The van der Waals surface area contributed by atoms with Gasteiger partial charge in [0.25, 0.3) is 5.91 Å². The first-order chi connectivity index (χ1) is 19.0. The van der Waals surface area contributed by atoms with E-state index in [1.54, 1.807) is 18.3 Å². The zero-order chi connectivity index (χ0) is 27.7. The molecule has 3 aromatic rings. The molecule has 0 saturated carbocycles. The molecule has 0 aliphatic carbocycles. The molecule has 0 fully saturated rings. The van der Waals surface area contributed by atoms with Crippen molar-refractivity contribution in [3.05, 3.63) is 65.5 Å². The molecule has 210 valence electrons. The van der Waals surface area contributed by atoms with Crippen LogP contribution >= 0.6 is 0 Å². The Morgan fingerprint density at radius 2 is 1.59 bits per heavy atom. The van der Waals surface area contributed by atoms with Crippen LogP contribution in [0.3, 0.4) is 0 Å².